The molecule has 1 fully saturated rings. The van der Waals surface area contributed by atoms with Gasteiger partial charge in [0, 0.05) is 23.4 Å². The minimum atomic E-state index is -3.97. The number of carbonyl (C=O) groups excluding carboxylic acids is 1. The second-order valence-electron chi connectivity index (χ2n) is 8.84. The highest BCUT2D eigenvalue weighted by Crippen LogP contribution is 2.45. The second-order valence-corrected chi connectivity index (χ2v) is 11.4. The van der Waals surface area contributed by atoms with E-state index in [1.807, 2.05) is 20.8 Å². The summed E-state index contributed by atoms with van der Waals surface area (Å²) in [5.74, 6) is -5.93. The van der Waals surface area contributed by atoms with Crippen LogP contribution in [0.1, 0.15) is 56.8 Å². The van der Waals surface area contributed by atoms with Crippen LogP contribution in [0.2, 0.25) is 5.02 Å². The summed E-state index contributed by atoms with van der Waals surface area (Å²) >= 11 is 6.21. The number of sulfone groups is 1. The topological polar surface area (TPSA) is 83.5 Å². The van der Waals surface area contributed by atoms with Crippen LogP contribution in [0.5, 0.6) is 0 Å². The summed E-state index contributed by atoms with van der Waals surface area (Å²) in [6, 6.07) is 4.90. The number of rotatable bonds is 6. The highest BCUT2D eigenvalue weighted by Gasteiger charge is 2.48. The van der Waals surface area contributed by atoms with Crippen LogP contribution in [0.25, 0.3) is 0 Å². The van der Waals surface area contributed by atoms with Crippen molar-refractivity contribution in [2.75, 3.05) is 5.32 Å². The predicted octanol–water partition coefficient (Wildman–Crippen LogP) is 5.75. The molecule has 2 N–H and O–H groups in total. The lowest BCUT2D eigenvalue weighted by Crippen LogP contribution is -2.51. The van der Waals surface area contributed by atoms with E-state index in [0.29, 0.717) is 25.0 Å². The number of hydrogen-bond donors (Lipinski definition) is 2. The maximum Gasteiger partial charge on any atom is 0.255 e. The molecule has 186 valence electrons. The van der Waals surface area contributed by atoms with Gasteiger partial charge in [-0.25, -0.2) is 21.6 Å². The normalized spacial score (nSPS) is 25.2. The standard InChI is InChI=1S/C24H27ClF3NO4S/c1-4-15-10-17(8-13(3)24(15,31)5-2)34(32,33)21-9-14(6-7-18(21)25)23(30)29-16-11-19(26)22(28)20(27)12-16/h6-7,9,11-13,15,17,31H,4-5,8,10H2,1-3H3,(H,29,30)/t13-,15?,17-,24-/m0/s1. The first-order valence-corrected chi connectivity index (χ1v) is 13.0. The van der Waals surface area contributed by atoms with Gasteiger partial charge in [-0.15, -0.1) is 0 Å². The molecule has 34 heavy (non-hydrogen) atoms. The molecule has 5 nitrogen and oxygen atoms in total. The molecule has 1 unspecified atom stereocenters. The van der Waals surface area contributed by atoms with Crippen molar-refractivity contribution in [3.63, 3.8) is 0 Å². The maximum absolute atomic E-state index is 13.5. The summed E-state index contributed by atoms with van der Waals surface area (Å²) in [5.41, 5.74) is -1.38. The molecule has 0 bridgehead atoms. The smallest absolute Gasteiger partial charge is 0.255 e. The predicted molar refractivity (Wildman–Crippen MR) is 124 cm³/mol. The maximum atomic E-state index is 13.5. The lowest BCUT2D eigenvalue weighted by atomic mass is 9.66. The summed E-state index contributed by atoms with van der Waals surface area (Å²) in [6.45, 7) is 5.62. The molecular formula is C24H27ClF3NO4S. The van der Waals surface area contributed by atoms with Crippen molar-refractivity contribution in [1.82, 2.24) is 0 Å². The Morgan fingerprint density at radius 1 is 1.15 bits per heavy atom. The molecular weight excluding hydrogens is 491 g/mol. The summed E-state index contributed by atoms with van der Waals surface area (Å²) in [6.07, 6.45) is 1.63. The zero-order valence-corrected chi connectivity index (χ0v) is 20.6. The first-order chi connectivity index (χ1) is 15.8. The van der Waals surface area contributed by atoms with Gasteiger partial charge in [0.05, 0.1) is 20.8 Å². The Morgan fingerprint density at radius 3 is 2.32 bits per heavy atom. The Balaban J connectivity index is 1.91. The van der Waals surface area contributed by atoms with Gasteiger partial charge in [0.2, 0.25) is 0 Å². The third-order valence-electron chi connectivity index (χ3n) is 6.96. The number of hydrogen-bond acceptors (Lipinski definition) is 4. The Morgan fingerprint density at radius 2 is 1.76 bits per heavy atom. The minimum absolute atomic E-state index is 0.0625. The number of halogens is 4. The van der Waals surface area contributed by atoms with E-state index in [2.05, 4.69) is 5.32 Å². The Kier molecular flexibility index (Phi) is 7.70. The van der Waals surface area contributed by atoms with Crippen LogP contribution in [0, 0.1) is 29.3 Å². The van der Waals surface area contributed by atoms with E-state index in [-0.39, 0.29) is 45.8 Å². The number of nitrogens with one attached hydrogen (secondary N) is 1. The van der Waals surface area contributed by atoms with Crippen molar-refractivity contribution >= 4 is 33.0 Å². The molecule has 0 spiro atoms. The number of aliphatic hydroxyl groups is 1. The van der Waals surface area contributed by atoms with Crippen molar-refractivity contribution in [3.8, 4) is 0 Å². The molecule has 2 aromatic carbocycles. The first-order valence-electron chi connectivity index (χ1n) is 11.1. The molecule has 10 heteroatoms. The third-order valence-corrected chi connectivity index (χ3v) is 9.62. The molecule has 1 aliphatic carbocycles. The quantitative estimate of drug-likeness (QED) is 0.478. The van der Waals surface area contributed by atoms with Crippen LogP contribution in [0.4, 0.5) is 18.9 Å². The summed E-state index contributed by atoms with van der Waals surface area (Å²) in [7, 11) is -3.97. The molecule has 0 heterocycles. The van der Waals surface area contributed by atoms with E-state index in [1.165, 1.54) is 12.1 Å². The van der Waals surface area contributed by atoms with Gasteiger partial charge in [0.15, 0.2) is 27.3 Å². The van der Waals surface area contributed by atoms with Crippen molar-refractivity contribution in [3.05, 3.63) is 58.4 Å². The third kappa shape index (κ3) is 4.83. The molecule has 2 aromatic rings. The van der Waals surface area contributed by atoms with Gasteiger partial charge in [-0.2, -0.15) is 0 Å². The largest absolute Gasteiger partial charge is 0.389 e. The molecule has 0 radical (unpaired) electrons. The lowest BCUT2D eigenvalue weighted by molar-refractivity contribution is -0.0912. The van der Waals surface area contributed by atoms with Gasteiger partial charge in [-0.3, -0.25) is 4.79 Å². The zero-order valence-electron chi connectivity index (χ0n) is 19.0. The van der Waals surface area contributed by atoms with E-state index in [4.69, 9.17) is 11.6 Å². The van der Waals surface area contributed by atoms with E-state index in [9.17, 15) is 31.5 Å². The molecule has 0 aliphatic heterocycles. The highest BCUT2D eigenvalue weighted by molar-refractivity contribution is 7.92. The monoisotopic (exact) mass is 517 g/mol. The van der Waals surface area contributed by atoms with Crippen molar-refractivity contribution < 1.29 is 31.5 Å². The highest BCUT2D eigenvalue weighted by atomic mass is 35.5. The second kappa shape index (κ2) is 9.87. The van der Waals surface area contributed by atoms with E-state index in [1.54, 1.807) is 0 Å². The fourth-order valence-electron chi connectivity index (χ4n) is 4.90. The van der Waals surface area contributed by atoms with Gasteiger partial charge in [-0.1, -0.05) is 38.8 Å². The van der Waals surface area contributed by atoms with Gasteiger partial charge < -0.3 is 10.4 Å². The Bertz CT molecular complexity index is 1180. The fourth-order valence-corrected chi connectivity index (χ4v) is 7.36. The van der Waals surface area contributed by atoms with Crippen LogP contribution in [0.15, 0.2) is 35.2 Å². The van der Waals surface area contributed by atoms with Gasteiger partial charge >= 0.3 is 0 Å². The van der Waals surface area contributed by atoms with Crippen molar-refractivity contribution in [2.45, 2.75) is 62.2 Å². The van der Waals surface area contributed by atoms with E-state index in [0.717, 1.165) is 6.07 Å². The van der Waals surface area contributed by atoms with Crippen LogP contribution >= 0.6 is 11.6 Å². The molecule has 3 rings (SSSR count). The van der Waals surface area contributed by atoms with Gasteiger partial charge in [0.25, 0.3) is 5.91 Å². The summed E-state index contributed by atoms with van der Waals surface area (Å²) in [4.78, 5) is 12.4. The van der Waals surface area contributed by atoms with Crippen LogP contribution in [0.3, 0.4) is 0 Å². The fraction of sp³-hybridized carbons (Fsp3) is 0.458. The average molecular weight is 518 g/mol. The zero-order chi connectivity index (χ0) is 25.4. The summed E-state index contributed by atoms with van der Waals surface area (Å²) in [5, 5.41) is 12.5. The molecule has 1 saturated carbocycles. The minimum Gasteiger partial charge on any atom is -0.389 e. The Hall–Kier alpha value is -2.10. The molecule has 4 atom stereocenters. The van der Waals surface area contributed by atoms with Crippen molar-refractivity contribution in [2.24, 2.45) is 11.8 Å². The first kappa shape index (κ1) is 26.5. The summed E-state index contributed by atoms with van der Waals surface area (Å²) < 4.78 is 67.2. The molecule has 1 aliphatic rings. The van der Waals surface area contributed by atoms with Crippen LogP contribution in [-0.4, -0.2) is 30.3 Å². The SMILES string of the molecule is CCC1C[C@@H](S(=O)(=O)c2cc(C(=O)Nc3cc(F)c(F)c(F)c3)ccc2Cl)C[C@H](C)[C@@]1(O)CC. The number of carbonyl (C=O) groups is 1. The molecule has 1 amide bonds. The number of anilines is 1. The number of amides is 1. The Labute approximate surface area is 202 Å². The van der Waals surface area contributed by atoms with Gasteiger partial charge in [-0.05, 0) is 49.3 Å². The van der Waals surface area contributed by atoms with E-state index < -0.39 is 44.0 Å². The lowest BCUT2D eigenvalue weighted by Gasteiger charge is -2.47. The van der Waals surface area contributed by atoms with E-state index >= 15 is 0 Å². The van der Waals surface area contributed by atoms with Crippen LogP contribution in [-0.2, 0) is 9.84 Å². The van der Waals surface area contributed by atoms with Crippen LogP contribution < -0.4 is 5.32 Å². The molecule has 0 saturated heterocycles. The number of benzene rings is 2. The molecule has 0 aromatic heterocycles. The average Bonchev–Trinajstić information content (AvgIpc) is 2.78. The van der Waals surface area contributed by atoms with Crippen molar-refractivity contribution in [1.29, 1.82) is 0 Å². The van der Waals surface area contributed by atoms with Gasteiger partial charge in [0.1, 0.15) is 0 Å².